The zero-order chi connectivity index (χ0) is 14.5. The highest BCUT2D eigenvalue weighted by Gasteiger charge is 2.26. The van der Waals surface area contributed by atoms with Crippen molar-refractivity contribution < 1.29 is 0 Å². The molecule has 0 spiro atoms. The number of hydrogen-bond acceptors (Lipinski definition) is 4. The van der Waals surface area contributed by atoms with E-state index in [2.05, 4.69) is 48.0 Å². The summed E-state index contributed by atoms with van der Waals surface area (Å²) in [7, 11) is 4.55. The van der Waals surface area contributed by atoms with E-state index in [0.29, 0.717) is 12.1 Å². The van der Waals surface area contributed by atoms with Crippen LogP contribution in [0.25, 0.3) is 0 Å². The highest BCUT2D eigenvalue weighted by molar-refractivity contribution is 4.84. The molecule has 2 heterocycles. The fourth-order valence-electron chi connectivity index (χ4n) is 3.57. The van der Waals surface area contributed by atoms with Gasteiger partial charge in [0, 0.05) is 44.8 Å². The first-order valence-corrected chi connectivity index (χ1v) is 8.39. The standard InChI is InChI=1S/C16H34N4/c1-14(2)10-15-11-20(7-5-6-17-15)13-16-12-18(3)8-9-19(16)4/h14-17H,5-13H2,1-4H3. The second-order valence-electron chi connectivity index (χ2n) is 7.29. The summed E-state index contributed by atoms with van der Waals surface area (Å²) in [5, 5.41) is 3.73. The van der Waals surface area contributed by atoms with E-state index in [-0.39, 0.29) is 0 Å². The van der Waals surface area contributed by atoms with Crippen LogP contribution in [0, 0.1) is 5.92 Å². The van der Waals surface area contributed by atoms with Crippen molar-refractivity contribution in [1.29, 1.82) is 0 Å². The molecule has 0 amide bonds. The van der Waals surface area contributed by atoms with E-state index < -0.39 is 0 Å². The Bertz CT molecular complexity index is 282. The van der Waals surface area contributed by atoms with Crippen LogP contribution >= 0.6 is 0 Å². The van der Waals surface area contributed by atoms with E-state index in [1.807, 2.05) is 0 Å². The quantitative estimate of drug-likeness (QED) is 0.828. The van der Waals surface area contributed by atoms with Crippen molar-refractivity contribution in [2.24, 2.45) is 5.92 Å². The minimum Gasteiger partial charge on any atom is -0.313 e. The molecule has 2 aliphatic rings. The van der Waals surface area contributed by atoms with Crippen molar-refractivity contribution in [3.8, 4) is 0 Å². The lowest BCUT2D eigenvalue weighted by Crippen LogP contribution is -2.55. The van der Waals surface area contributed by atoms with E-state index in [4.69, 9.17) is 0 Å². The number of nitrogens with one attached hydrogen (secondary N) is 1. The summed E-state index contributed by atoms with van der Waals surface area (Å²) < 4.78 is 0. The SMILES string of the molecule is CC(C)CC1CN(CC2CN(C)CCN2C)CCCN1. The normalized spacial score (nSPS) is 31.6. The first-order chi connectivity index (χ1) is 9.54. The zero-order valence-corrected chi connectivity index (χ0v) is 13.9. The monoisotopic (exact) mass is 282 g/mol. The molecule has 0 saturated carbocycles. The molecule has 20 heavy (non-hydrogen) atoms. The summed E-state index contributed by atoms with van der Waals surface area (Å²) in [5.74, 6) is 0.788. The third-order valence-electron chi connectivity index (χ3n) is 4.77. The van der Waals surface area contributed by atoms with Crippen LogP contribution in [-0.2, 0) is 0 Å². The van der Waals surface area contributed by atoms with E-state index in [9.17, 15) is 0 Å². The Kier molecular flexibility index (Phi) is 6.27. The van der Waals surface area contributed by atoms with Gasteiger partial charge in [0.2, 0.25) is 0 Å². The van der Waals surface area contributed by atoms with Crippen molar-refractivity contribution in [1.82, 2.24) is 20.0 Å². The molecular formula is C16H34N4. The average Bonchev–Trinajstić information content (AvgIpc) is 2.58. The molecule has 0 bridgehead atoms. The van der Waals surface area contributed by atoms with Crippen molar-refractivity contribution in [2.45, 2.75) is 38.8 Å². The van der Waals surface area contributed by atoms with E-state index in [1.165, 1.54) is 58.7 Å². The fourth-order valence-corrected chi connectivity index (χ4v) is 3.57. The van der Waals surface area contributed by atoms with Crippen molar-refractivity contribution in [3.63, 3.8) is 0 Å². The van der Waals surface area contributed by atoms with Crippen LogP contribution in [0.1, 0.15) is 26.7 Å². The molecular weight excluding hydrogens is 248 g/mol. The van der Waals surface area contributed by atoms with Crippen LogP contribution in [0.3, 0.4) is 0 Å². The summed E-state index contributed by atoms with van der Waals surface area (Å²) in [5.41, 5.74) is 0. The van der Waals surface area contributed by atoms with Gasteiger partial charge in [-0.25, -0.2) is 0 Å². The van der Waals surface area contributed by atoms with Crippen molar-refractivity contribution in [3.05, 3.63) is 0 Å². The van der Waals surface area contributed by atoms with Gasteiger partial charge < -0.3 is 15.1 Å². The minimum absolute atomic E-state index is 0.684. The molecule has 2 rings (SSSR count). The summed E-state index contributed by atoms with van der Waals surface area (Å²) in [6, 6.07) is 1.38. The summed E-state index contributed by atoms with van der Waals surface area (Å²) >= 11 is 0. The molecule has 0 aromatic rings. The minimum atomic E-state index is 0.684. The smallest absolute Gasteiger partial charge is 0.0347 e. The van der Waals surface area contributed by atoms with Gasteiger partial charge in [-0.2, -0.15) is 0 Å². The molecule has 2 unspecified atom stereocenters. The number of hydrogen-bond donors (Lipinski definition) is 1. The van der Waals surface area contributed by atoms with E-state index in [0.717, 1.165) is 5.92 Å². The highest BCUT2D eigenvalue weighted by atomic mass is 15.3. The Morgan fingerprint density at radius 1 is 1.10 bits per heavy atom. The summed E-state index contributed by atoms with van der Waals surface area (Å²) in [6.07, 6.45) is 2.60. The van der Waals surface area contributed by atoms with Gasteiger partial charge in [-0.15, -0.1) is 0 Å². The van der Waals surface area contributed by atoms with E-state index in [1.54, 1.807) is 0 Å². The molecule has 4 nitrogen and oxygen atoms in total. The summed E-state index contributed by atoms with van der Waals surface area (Å²) in [6.45, 7) is 13.2. The summed E-state index contributed by atoms with van der Waals surface area (Å²) in [4.78, 5) is 7.73. The van der Waals surface area contributed by atoms with Crippen molar-refractivity contribution in [2.75, 3.05) is 59.9 Å². The number of likely N-dealkylation sites (N-methyl/N-ethyl adjacent to an activating group) is 2. The van der Waals surface area contributed by atoms with Gasteiger partial charge in [-0.1, -0.05) is 13.8 Å². The molecule has 1 N–H and O–H groups in total. The number of nitrogens with zero attached hydrogens (tertiary/aromatic N) is 3. The lowest BCUT2D eigenvalue weighted by Gasteiger charge is -2.40. The van der Waals surface area contributed by atoms with Crippen LogP contribution < -0.4 is 5.32 Å². The lowest BCUT2D eigenvalue weighted by atomic mass is 10.0. The maximum Gasteiger partial charge on any atom is 0.0347 e. The first-order valence-electron chi connectivity index (χ1n) is 8.39. The second kappa shape index (κ2) is 7.74. The predicted octanol–water partition coefficient (Wildman–Crippen LogP) is 0.942. The Balaban J connectivity index is 1.86. The van der Waals surface area contributed by atoms with Gasteiger partial charge in [0.1, 0.15) is 0 Å². The zero-order valence-electron chi connectivity index (χ0n) is 13.9. The van der Waals surface area contributed by atoms with Crippen LogP contribution in [-0.4, -0.2) is 86.7 Å². The van der Waals surface area contributed by atoms with Gasteiger partial charge in [-0.3, -0.25) is 4.90 Å². The molecule has 0 radical (unpaired) electrons. The Labute approximate surface area is 125 Å². The topological polar surface area (TPSA) is 21.8 Å². The Morgan fingerprint density at radius 2 is 1.90 bits per heavy atom. The third kappa shape index (κ3) is 4.99. The molecule has 0 aromatic heterocycles. The molecule has 0 aromatic carbocycles. The largest absolute Gasteiger partial charge is 0.313 e. The van der Waals surface area contributed by atoms with Crippen LogP contribution in [0.15, 0.2) is 0 Å². The molecule has 2 atom stereocenters. The van der Waals surface area contributed by atoms with Gasteiger partial charge in [0.25, 0.3) is 0 Å². The Hall–Kier alpha value is -0.160. The van der Waals surface area contributed by atoms with Crippen LogP contribution in [0.5, 0.6) is 0 Å². The van der Waals surface area contributed by atoms with Crippen LogP contribution in [0.2, 0.25) is 0 Å². The fraction of sp³-hybridized carbons (Fsp3) is 1.00. The molecule has 4 heteroatoms. The average molecular weight is 282 g/mol. The van der Waals surface area contributed by atoms with Gasteiger partial charge in [-0.05, 0) is 45.9 Å². The Morgan fingerprint density at radius 3 is 2.65 bits per heavy atom. The second-order valence-corrected chi connectivity index (χ2v) is 7.29. The van der Waals surface area contributed by atoms with Crippen LogP contribution in [0.4, 0.5) is 0 Å². The maximum absolute atomic E-state index is 3.73. The van der Waals surface area contributed by atoms with Gasteiger partial charge in [0.15, 0.2) is 0 Å². The maximum atomic E-state index is 3.73. The highest BCUT2D eigenvalue weighted by Crippen LogP contribution is 2.13. The first kappa shape index (κ1) is 16.2. The van der Waals surface area contributed by atoms with Crippen molar-refractivity contribution >= 4 is 0 Å². The lowest BCUT2D eigenvalue weighted by molar-refractivity contribution is 0.0811. The molecule has 118 valence electrons. The van der Waals surface area contributed by atoms with Gasteiger partial charge in [0.05, 0.1) is 0 Å². The number of piperazine rings is 1. The number of rotatable bonds is 4. The molecule has 2 aliphatic heterocycles. The molecule has 2 fully saturated rings. The third-order valence-corrected chi connectivity index (χ3v) is 4.77. The molecule has 0 aliphatic carbocycles. The van der Waals surface area contributed by atoms with Gasteiger partial charge >= 0.3 is 0 Å². The molecule has 2 saturated heterocycles. The predicted molar refractivity (Wildman–Crippen MR) is 86.2 cm³/mol. The van der Waals surface area contributed by atoms with E-state index >= 15 is 0 Å².